The van der Waals surface area contributed by atoms with E-state index < -0.39 is 0 Å². The van der Waals surface area contributed by atoms with E-state index in [4.69, 9.17) is 0 Å². The molecule has 1 aromatic carbocycles. The minimum absolute atomic E-state index is 0.0235. The van der Waals surface area contributed by atoms with E-state index >= 15 is 0 Å². The SMILES string of the molecule is CC.CCCCCC(C)(C)c1cc(C)cc(C(C)(C)C)c1O. The van der Waals surface area contributed by atoms with E-state index in [1.165, 1.54) is 24.8 Å². The van der Waals surface area contributed by atoms with Gasteiger partial charge in [-0.15, -0.1) is 0 Å². The van der Waals surface area contributed by atoms with Crippen molar-refractivity contribution >= 4 is 0 Å². The maximum absolute atomic E-state index is 10.7. The summed E-state index contributed by atoms with van der Waals surface area (Å²) in [5.74, 6) is 0.504. The van der Waals surface area contributed by atoms with Crippen molar-refractivity contribution < 1.29 is 5.11 Å². The van der Waals surface area contributed by atoms with Crippen LogP contribution in [0.1, 0.15) is 97.8 Å². The molecule has 0 fully saturated rings. The molecule has 0 heterocycles. The van der Waals surface area contributed by atoms with Gasteiger partial charge in [0.05, 0.1) is 0 Å². The van der Waals surface area contributed by atoms with Gasteiger partial charge in [0, 0.05) is 5.56 Å². The fraction of sp³-hybridized carbons (Fsp3) is 0.714. The molecule has 0 saturated carbocycles. The number of benzene rings is 1. The highest BCUT2D eigenvalue weighted by molar-refractivity contribution is 5.49. The maximum atomic E-state index is 10.7. The molecule has 1 N–H and O–H groups in total. The van der Waals surface area contributed by atoms with Gasteiger partial charge in [0.1, 0.15) is 5.75 Å². The largest absolute Gasteiger partial charge is 0.507 e. The van der Waals surface area contributed by atoms with Crippen molar-refractivity contribution in [2.75, 3.05) is 0 Å². The first-order valence-corrected chi connectivity index (χ1v) is 8.94. The fourth-order valence-electron chi connectivity index (χ4n) is 2.82. The quantitative estimate of drug-likeness (QED) is 0.588. The van der Waals surface area contributed by atoms with Crippen LogP contribution in [0.25, 0.3) is 0 Å². The highest BCUT2D eigenvalue weighted by Gasteiger charge is 2.28. The van der Waals surface area contributed by atoms with Crippen LogP contribution in [-0.2, 0) is 10.8 Å². The first-order valence-electron chi connectivity index (χ1n) is 8.94. The summed E-state index contributed by atoms with van der Waals surface area (Å²) in [5.41, 5.74) is 3.43. The van der Waals surface area contributed by atoms with E-state index in [9.17, 15) is 5.11 Å². The molecule has 1 nitrogen and oxygen atoms in total. The van der Waals surface area contributed by atoms with Crippen LogP contribution in [-0.4, -0.2) is 5.11 Å². The number of phenols is 1. The molecule has 0 aliphatic carbocycles. The second-order valence-corrected chi connectivity index (χ2v) is 7.80. The van der Waals surface area contributed by atoms with Gasteiger partial charge in [-0.1, -0.05) is 92.3 Å². The number of aryl methyl sites for hydroxylation is 1. The van der Waals surface area contributed by atoms with E-state index in [-0.39, 0.29) is 10.8 Å². The van der Waals surface area contributed by atoms with E-state index in [1.807, 2.05) is 13.8 Å². The van der Waals surface area contributed by atoms with Crippen molar-refractivity contribution in [3.63, 3.8) is 0 Å². The molecule has 0 aliphatic rings. The third-order valence-corrected chi connectivity index (χ3v) is 4.20. The van der Waals surface area contributed by atoms with E-state index in [2.05, 4.69) is 60.6 Å². The standard InChI is InChI=1S/C19H32O.C2H6/c1-8-9-10-11-19(6,7)16-13-14(2)12-15(17(16)20)18(3,4)5;1-2/h12-13,20H,8-11H2,1-7H3;1-2H3. The smallest absolute Gasteiger partial charge is 0.123 e. The lowest BCUT2D eigenvalue weighted by Gasteiger charge is -2.30. The molecule has 1 rings (SSSR count). The van der Waals surface area contributed by atoms with Crippen molar-refractivity contribution in [3.8, 4) is 5.75 Å². The van der Waals surface area contributed by atoms with Crippen molar-refractivity contribution in [2.24, 2.45) is 0 Å². The first kappa shape index (κ1) is 21.0. The van der Waals surface area contributed by atoms with Gasteiger partial charge < -0.3 is 5.11 Å². The van der Waals surface area contributed by atoms with Crippen LogP contribution in [0.2, 0.25) is 0 Å². The number of hydrogen-bond acceptors (Lipinski definition) is 1. The molecular weight excluding hydrogens is 268 g/mol. The average molecular weight is 307 g/mol. The molecule has 128 valence electrons. The zero-order valence-electron chi connectivity index (χ0n) is 16.4. The monoisotopic (exact) mass is 306 g/mol. The molecule has 0 radical (unpaired) electrons. The Hall–Kier alpha value is -0.980. The molecule has 1 heteroatoms. The summed E-state index contributed by atoms with van der Waals surface area (Å²) in [5, 5.41) is 10.7. The van der Waals surface area contributed by atoms with Crippen LogP contribution in [0.4, 0.5) is 0 Å². The number of hydrogen-bond donors (Lipinski definition) is 1. The number of rotatable bonds is 5. The molecule has 0 aliphatic heterocycles. The van der Waals surface area contributed by atoms with Crippen molar-refractivity contribution in [2.45, 2.75) is 98.8 Å². The van der Waals surface area contributed by atoms with Gasteiger partial charge in [0.15, 0.2) is 0 Å². The Bertz CT molecular complexity index is 450. The highest BCUT2D eigenvalue weighted by atomic mass is 16.3. The Morgan fingerprint density at radius 1 is 0.909 bits per heavy atom. The molecule has 0 saturated heterocycles. The molecule has 1 aromatic rings. The number of unbranched alkanes of at least 4 members (excludes halogenated alkanes) is 2. The van der Waals surface area contributed by atoms with Crippen LogP contribution in [0.15, 0.2) is 12.1 Å². The van der Waals surface area contributed by atoms with Gasteiger partial charge in [-0.25, -0.2) is 0 Å². The summed E-state index contributed by atoms with van der Waals surface area (Å²) in [7, 11) is 0. The van der Waals surface area contributed by atoms with Crippen LogP contribution in [0, 0.1) is 6.92 Å². The van der Waals surface area contributed by atoms with E-state index in [1.54, 1.807) is 0 Å². The third-order valence-electron chi connectivity index (χ3n) is 4.20. The molecule has 0 spiro atoms. The third kappa shape index (κ3) is 5.66. The van der Waals surface area contributed by atoms with Crippen LogP contribution in [0.3, 0.4) is 0 Å². The predicted octanol–water partition coefficient (Wildman–Crippen LogP) is 6.88. The summed E-state index contributed by atoms with van der Waals surface area (Å²) in [6, 6.07) is 4.29. The van der Waals surface area contributed by atoms with E-state index in [0.29, 0.717) is 5.75 Å². The van der Waals surface area contributed by atoms with Crippen molar-refractivity contribution in [3.05, 3.63) is 28.8 Å². The topological polar surface area (TPSA) is 20.2 Å². The number of aromatic hydroxyl groups is 1. The molecule has 0 bridgehead atoms. The Kier molecular flexibility index (Phi) is 8.22. The molecule has 22 heavy (non-hydrogen) atoms. The molecule has 0 aromatic heterocycles. The average Bonchev–Trinajstić information content (AvgIpc) is 2.42. The van der Waals surface area contributed by atoms with Crippen LogP contribution >= 0.6 is 0 Å². The van der Waals surface area contributed by atoms with Gasteiger partial charge in [0.25, 0.3) is 0 Å². The zero-order chi connectivity index (χ0) is 17.6. The lowest BCUT2D eigenvalue weighted by molar-refractivity contribution is 0.395. The van der Waals surface area contributed by atoms with Crippen molar-refractivity contribution in [1.29, 1.82) is 0 Å². The first-order chi connectivity index (χ1) is 10.1. The minimum atomic E-state index is -0.0235. The minimum Gasteiger partial charge on any atom is -0.507 e. The lowest BCUT2D eigenvalue weighted by atomic mass is 9.75. The molecular formula is C21H38O. The Morgan fingerprint density at radius 2 is 1.41 bits per heavy atom. The van der Waals surface area contributed by atoms with Gasteiger partial charge in [-0.3, -0.25) is 0 Å². The summed E-state index contributed by atoms with van der Waals surface area (Å²) in [4.78, 5) is 0. The summed E-state index contributed by atoms with van der Waals surface area (Å²) >= 11 is 0. The van der Waals surface area contributed by atoms with E-state index in [0.717, 1.165) is 17.5 Å². The normalized spacial score (nSPS) is 11.9. The molecule has 0 unspecified atom stereocenters. The second-order valence-electron chi connectivity index (χ2n) is 7.80. The van der Waals surface area contributed by atoms with Gasteiger partial charge >= 0.3 is 0 Å². The summed E-state index contributed by atoms with van der Waals surface area (Å²) in [6.07, 6.45) is 4.86. The zero-order valence-corrected chi connectivity index (χ0v) is 16.4. The van der Waals surface area contributed by atoms with Crippen LogP contribution < -0.4 is 0 Å². The molecule has 0 amide bonds. The lowest BCUT2D eigenvalue weighted by Crippen LogP contribution is -2.20. The maximum Gasteiger partial charge on any atom is 0.123 e. The van der Waals surface area contributed by atoms with Gasteiger partial charge in [-0.2, -0.15) is 0 Å². The predicted molar refractivity (Wildman–Crippen MR) is 100 cm³/mol. The second kappa shape index (κ2) is 8.60. The van der Waals surface area contributed by atoms with Crippen LogP contribution in [0.5, 0.6) is 5.75 Å². The highest BCUT2D eigenvalue weighted by Crippen LogP contribution is 2.41. The summed E-state index contributed by atoms with van der Waals surface area (Å²) in [6.45, 7) is 19.3. The summed E-state index contributed by atoms with van der Waals surface area (Å²) < 4.78 is 0. The Labute approximate surface area is 139 Å². The fourth-order valence-corrected chi connectivity index (χ4v) is 2.82. The number of phenolic OH excluding ortho intramolecular Hbond substituents is 1. The Balaban J connectivity index is 0.00000211. The van der Waals surface area contributed by atoms with Gasteiger partial charge in [-0.05, 0) is 29.7 Å². The van der Waals surface area contributed by atoms with Gasteiger partial charge in [0.2, 0.25) is 0 Å². The Morgan fingerprint density at radius 3 is 1.86 bits per heavy atom. The van der Waals surface area contributed by atoms with Crippen molar-refractivity contribution in [1.82, 2.24) is 0 Å². The molecule has 0 atom stereocenters.